The molecule has 0 spiro atoms. The number of aromatic nitrogens is 3. The van der Waals surface area contributed by atoms with Gasteiger partial charge in [0.15, 0.2) is 5.82 Å². The molecule has 0 aliphatic carbocycles. The van der Waals surface area contributed by atoms with E-state index in [0.29, 0.717) is 9.90 Å². The second kappa shape index (κ2) is 3.56. The van der Waals surface area contributed by atoms with Gasteiger partial charge >= 0.3 is 0 Å². The zero-order valence-corrected chi connectivity index (χ0v) is 9.53. The maximum absolute atomic E-state index is 10.9. The van der Waals surface area contributed by atoms with E-state index in [0.717, 1.165) is 0 Å². The molecule has 2 heterocycles. The van der Waals surface area contributed by atoms with Crippen molar-refractivity contribution in [2.45, 2.75) is 5.16 Å². The molecule has 0 bridgehead atoms. The van der Waals surface area contributed by atoms with Gasteiger partial charge in [0.05, 0.1) is 9.90 Å². The van der Waals surface area contributed by atoms with Gasteiger partial charge in [0.1, 0.15) is 0 Å². The summed E-state index contributed by atoms with van der Waals surface area (Å²) in [5.74, 6) is 0.221. The topological polar surface area (TPSA) is 102 Å². The highest BCUT2D eigenvalue weighted by atomic mass is 35.5. The first kappa shape index (κ1) is 10.6. The normalized spacial score (nSPS) is 11.9. The minimum Gasteiger partial charge on any atom is -0.248 e. The van der Waals surface area contributed by atoms with E-state index in [4.69, 9.17) is 16.7 Å². The largest absolute Gasteiger partial charge is 0.273 e. The van der Waals surface area contributed by atoms with Gasteiger partial charge in [0.25, 0.3) is 15.2 Å². The van der Waals surface area contributed by atoms with Gasteiger partial charge in [-0.25, -0.2) is 18.7 Å². The number of nitrogens with zero attached hydrogens (tertiary/aromatic N) is 2. The summed E-state index contributed by atoms with van der Waals surface area (Å²) in [6.07, 6.45) is 0. The summed E-state index contributed by atoms with van der Waals surface area (Å²) in [6, 6.07) is 1.68. The highest BCUT2D eigenvalue weighted by Crippen LogP contribution is 2.30. The molecule has 15 heavy (non-hydrogen) atoms. The molecule has 80 valence electrons. The van der Waals surface area contributed by atoms with Crippen LogP contribution in [-0.2, 0) is 10.0 Å². The van der Waals surface area contributed by atoms with E-state index in [9.17, 15) is 8.42 Å². The molecular weight excluding hydrogens is 260 g/mol. The lowest BCUT2D eigenvalue weighted by Gasteiger charge is -1.88. The molecule has 0 aliphatic heterocycles. The number of aromatic amines is 1. The third-order valence-corrected chi connectivity index (χ3v) is 3.61. The van der Waals surface area contributed by atoms with Crippen LogP contribution in [0.25, 0.3) is 10.7 Å². The third kappa shape index (κ3) is 2.02. The van der Waals surface area contributed by atoms with E-state index in [1.54, 1.807) is 11.4 Å². The number of hydrogen-bond acceptors (Lipinski definition) is 5. The zero-order chi connectivity index (χ0) is 11.1. The Hall–Kier alpha value is -0.960. The molecule has 0 amide bonds. The van der Waals surface area contributed by atoms with Crippen LogP contribution in [-0.4, -0.2) is 23.6 Å². The average molecular weight is 265 g/mol. The quantitative estimate of drug-likeness (QED) is 0.839. The van der Waals surface area contributed by atoms with E-state index in [-0.39, 0.29) is 11.0 Å². The molecule has 2 rings (SSSR count). The van der Waals surface area contributed by atoms with E-state index >= 15 is 0 Å². The number of halogens is 1. The molecule has 0 atom stereocenters. The van der Waals surface area contributed by atoms with Crippen molar-refractivity contribution in [2.75, 3.05) is 0 Å². The van der Waals surface area contributed by atoms with Crippen LogP contribution in [0.5, 0.6) is 0 Å². The fourth-order valence-electron chi connectivity index (χ4n) is 0.929. The lowest BCUT2D eigenvalue weighted by molar-refractivity contribution is 0.589. The lowest BCUT2D eigenvalue weighted by atomic mass is 10.4. The number of H-pyrrole nitrogens is 1. The molecule has 0 aliphatic rings. The summed E-state index contributed by atoms with van der Waals surface area (Å²) in [7, 11) is -3.85. The van der Waals surface area contributed by atoms with Crippen LogP contribution in [0.4, 0.5) is 0 Å². The Bertz CT molecular complexity index is 588. The van der Waals surface area contributed by atoms with E-state index in [1.165, 1.54) is 11.3 Å². The van der Waals surface area contributed by atoms with E-state index < -0.39 is 10.0 Å². The molecule has 9 heteroatoms. The van der Waals surface area contributed by atoms with Gasteiger partial charge in [0, 0.05) is 0 Å². The fourth-order valence-corrected chi connectivity index (χ4v) is 2.39. The van der Waals surface area contributed by atoms with Crippen LogP contribution in [0.3, 0.4) is 0 Å². The number of primary sulfonamides is 1. The Morgan fingerprint density at radius 1 is 1.53 bits per heavy atom. The van der Waals surface area contributed by atoms with Crippen LogP contribution in [0.15, 0.2) is 16.6 Å². The van der Waals surface area contributed by atoms with Gasteiger partial charge in [-0.05, 0) is 11.4 Å². The monoisotopic (exact) mass is 264 g/mol. The molecule has 0 radical (unpaired) electrons. The van der Waals surface area contributed by atoms with Crippen LogP contribution < -0.4 is 5.14 Å². The minimum absolute atomic E-state index is 0.221. The highest BCUT2D eigenvalue weighted by Gasteiger charge is 2.17. The third-order valence-electron chi connectivity index (χ3n) is 1.55. The molecule has 0 unspecified atom stereocenters. The van der Waals surface area contributed by atoms with Crippen molar-refractivity contribution in [1.29, 1.82) is 0 Å². The predicted molar refractivity (Wildman–Crippen MR) is 56.1 cm³/mol. The molecule has 2 aromatic rings. The first-order valence-corrected chi connectivity index (χ1v) is 6.47. The van der Waals surface area contributed by atoms with Crippen molar-refractivity contribution in [2.24, 2.45) is 5.14 Å². The Labute approximate surface area is 94.1 Å². The minimum atomic E-state index is -3.85. The number of hydrogen-bond donors (Lipinski definition) is 2. The van der Waals surface area contributed by atoms with Crippen molar-refractivity contribution < 1.29 is 8.42 Å². The second-order valence-corrected chi connectivity index (χ2v) is 5.41. The standard InChI is InChI=1S/C6H5ClN4O2S2/c7-3-1-2-14-4(3)5-9-6(11-10-5)15(8,12)13/h1-2H,(H2,8,12,13)(H,9,10,11). The summed E-state index contributed by atoms with van der Waals surface area (Å²) >= 11 is 7.15. The summed E-state index contributed by atoms with van der Waals surface area (Å²) in [4.78, 5) is 4.33. The molecule has 6 nitrogen and oxygen atoms in total. The Morgan fingerprint density at radius 3 is 2.73 bits per heavy atom. The number of nitrogens with one attached hydrogen (secondary N) is 1. The van der Waals surface area contributed by atoms with Crippen molar-refractivity contribution in [1.82, 2.24) is 15.2 Å². The second-order valence-electron chi connectivity index (χ2n) is 2.61. The number of nitrogens with two attached hydrogens (primary N) is 1. The molecule has 0 saturated heterocycles. The van der Waals surface area contributed by atoms with Crippen molar-refractivity contribution in [3.8, 4) is 10.7 Å². The zero-order valence-electron chi connectivity index (χ0n) is 7.14. The number of sulfonamides is 1. The maximum Gasteiger partial charge on any atom is 0.273 e. The summed E-state index contributed by atoms with van der Waals surface area (Å²) in [6.45, 7) is 0. The first-order valence-electron chi connectivity index (χ1n) is 3.67. The summed E-state index contributed by atoms with van der Waals surface area (Å²) in [5.41, 5.74) is 0. The van der Waals surface area contributed by atoms with Crippen molar-refractivity contribution in [3.63, 3.8) is 0 Å². The van der Waals surface area contributed by atoms with Gasteiger partial charge in [0.2, 0.25) is 0 Å². The van der Waals surface area contributed by atoms with Crippen LogP contribution in [0.2, 0.25) is 5.02 Å². The average Bonchev–Trinajstić information content (AvgIpc) is 2.69. The van der Waals surface area contributed by atoms with Crippen LogP contribution >= 0.6 is 22.9 Å². The van der Waals surface area contributed by atoms with Crippen LogP contribution in [0.1, 0.15) is 0 Å². The SMILES string of the molecule is NS(=O)(=O)c1nc(-c2sccc2Cl)n[nH]1. The Kier molecular flexibility index (Phi) is 2.51. The van der Waals surface area contributed by atoms with E-state index in [1.807, 2.05) is 0 Å². The summed E-state index contributed by atoms with van der Waals surface area (Å²) < 4.78 is 21.8. The van der Waals surface area contributed by atoms with Gasteiger partial charge in [-0.3, -0.25) is 0 Å². The van der Waals surface area contributed by atoms with Gasteiger partial charge < -0.3 is 0 Å². The predicted octanol–water partition coefficient (Wildman–Crippen LogP) is 0.834. The molecule has 2 aromatic heterocycles. The Morgan fingerprint density at radius 2 is 2.27 bits per heavy atom. The number of rotatable bonds is 2. The maximum atomic E-state index is 10.9. The molecule has 0 fully saturated rings. The van der Waals surface area contributed by atoms with Crippen LogP contribution in [0, 0.1) is 0 Å². The molecular formula is C6H5ClN4O2S2. The molecule has 0 aromatic carbocycles. The van der Waals surface area contributed by atoms with Gasteiger partial charge in [-0.2, -0.15) is 10.1 Å². The molecule has 0 saturated carbocycles. The smallest absolute Gasteiger partial charge is 0.248 e. The van der Waals surface area contributed by atoms with Crippen molar-refractivity contribution in [3.05, 3.63) is 16.5 Å². The lowest BCUT2D eigenvalue weighted by Crippen LogP contribution is -2.13. The summed E-state index contributed by atoms with van der Waals surface area (Å²) in [5, 5.41) is 12.7. The molecule has 3 N–H and O–H groups in total. The highest BCUT2D eigenvalue weighted by molar-refractivity contribution is 7.89. The Balaban J connectivity index is 2.50. The van der Waals surface area contributed by atoms with E-state index in [2.05, 4.69) is 15.2 Å². The first-order chi connectivity index (χ1) is 6.98. The van der Waals surface area contributed by atoms with Gasteiger partial charge in [-0.1, -0.05) is 11.6 Å². The van der Waals surface area contributed by atoms with Crippen molar-refractivity contribution >= 4 is 33.0 Å². The van der Waals surface area contributed by atoms with Gasteiger partial charge in [-0.15, -0.1) is 11.3 Å². The fraction of sp³-hybridized carbons (Fsp3) is 0. The number of thiophene rings is 1.